The van der Waals surface area contributed by atoms with Crippen molar-refractivity contribution in [1.29, 1.82) is 0 Å². The van der Waals surface area contributed by atoms with Gasteiger partial charge in [-0.05, 0) is 43.6 Å². The van der Waals surface area contributed by atoms with Crippen LogP contribution in [0.5, 0.6) is 0 Å². The minimum Gasteiger partial charge on any atom is -0.381 e. The summed E-state index contributed by atoms with van der Waals surface area (Å²) in [4.78, 5) is 1.37. The Kier molecular flexibility index (Phi) is 6.09. The fourth-order valence-corrected chi connectivity index (χ4v) is 3.77. The van der Waals surface area contributed by atoms with Gasteiger partial charge in [-0.2, -0.15) is 0 Å². The standard InChI is InChI=1S/C17H27NS/c1-3-7-14-8-6-9-15(13-12-14)18-16-10-4-5-11-17(16)19-2/h4-5,10-11,14-15,18H,3,6-9,12-13H2,1-2H3. The van der Waals surface area contributed by atoms with Gasteiger partial charge in [0.2, 0.25) is 0 Å². The van der Waals surface area contributed by atoms with Gasteiger partial charge in [-0.15, -0.1) is 11.8 Å². The molecule has 2 atom stereocenters. The topological polar surface area (TPSA) is 12.0 Å². The van der Waals surface area contributed by atoms with Crippen molar-refractivity contribution < 1.29 is 0 Å². The second-order valence-electron chi connectivity index (χ2n) is 5.70. The first-order valence-corrected chi connectivity index (χ1v) is 8.95. The molecule has 0 saturated heterocycles. The summed E-state index contributed by atoms with van der Waals surface area (Å²) in [6, 6.07) is 9.37. The third-order valence-corrected chi connectivity index (χ3v) is 5.05. The second kappa shape index (κ2) is 7.84. The summed E-state index contributed by atoms with van der Waals surface area (Å²) in [6.45, 7) is 2.31. The molecule has 2 rings (SSSR count). The molecule has 0 bridgehead atoms. The average Bonchev–Trinajstić information content (AvgIpc) is 2.66. The van der Waals surface area contributed by atoms with Crippen LogP contribution in [0.1, 0.15) is 51.9 Å². The molecule has 0 radical (unpaired) electrons. The van der Waals surface area contributed by atoms with E-state index >= 15 is 0 Å². The number of anilines is 1. The van der Waals surface area contributed by atoms with E-state index in [2.05, 4.69) is 42.8 Å². The van der Waals surface area contributed by atoms with Crippen LogP contribution in [0, 0.1) is 5.92 Å². The van der Waals surface area contributed by atoms with E-state index in [0.29, 0.717) is 6.04 Å². The Morgan fingerprint density at radius 3 is 2.79 bits per heavy atom. The third kappa shape index (κ3) is 4.45. The minimum atomic E-state index is 0.676. The van der Waals surface area contributed by atoms with E-state index in [-0.39, 0.29) is 0 Å². The predicted octanol–water partition coefficient (Wildman–Crippen LogP) is 5.57. The lowest BCUT2D eigenvalue weighted by Crippen LogP contribution is -2.18. The molecule has 1 nitrogen and oxygen atoms in total. The summed E-state index contributed by atoms with van der Waals surface area (Å²) >= 11 is 1.84. The second-order valence-corrected chi connectivity index (χ2v) is 6.55. The van der Waals surface area contributed by atoms with Gasteiger partial charge in [0.25, 0.3) is 0 Å². The maximum absolute atomic E-state index is 3.78. The number of benzene rings is 1. The van der Waals surface area contributed by atoms with Crippen LogP contribution in [0.4, 0.5) is 5.69 Å². The van der Waals surface area contributed by atoms with Crippen LogP contribution in [-0.4, -0.2) is 12.3 Å². The van der Waals surface area contributed by atoms with Gasteiger partial charge in [-0.3, -0.25) is 0 Å². The molecule has 19 heavy (non-hydrogen) atoms. The summed E-state index contributed by atoms with van der Waals surface area (Å²) < 4.78 is 0. The highest BCUT2D eigenvalue weighted by Crippen LogP contribution is 2.31. The zero-order valence-corrected chi connectivity index (χ0v) is 13.1. The number of hydrogen-bond acceptors (Lipinski definition) is 2. The summed E-state index contributed by atoms with van der Waals surface area (Å²) in [7, 11) is 0. The van der Waals surface area contributed by atoms with Crippen LogP contribution in [0.15, 0.2) is 29.2 Å². The van der Waals surface area contributed by atoms with Crippen molar-refractivity contribution in [2.75, 3.05) is 11.6 Å². The summed E-state index contributed by atoms with van der Waals surface area (Å²) in [5.74, 6) is 0.979. The fraction of sp³-hybridized carbons (Fsp3) is 0.647. The van der Waals surface area contributed by atoms with Gasteiger partial charge < -0.3 is 5.32 Å². The Balaban J connectivity index is 1.92. The van der Waals surface area contributed by atoms with E-state index in [1.54, 1.807) is 0 Å². The van der Waals surface area contributed by atoms with Crippen LogP contribution in [0.25, 0.3) is 0 Å². The highest BCUT2D eigenvalue weighted by Gasteiger charge is 2.18. The molecule has 2 unspecified atom stereocenters. The minimum absolute atomic E-state index is 0.676. The Labute approximate surface area is 122 Å². The lowest BCUT2D eigenvalue weighted by molar-refractivity contribution is 0.422. The Morgan fingerprint density at radius 1 is 1.16 bits per heavy atom. The first-order chi connectivity index (χ1) is 9.33. The van der Waals surface area contributed by atoms with Crippen LogP contribution in [-0.2, 0) is 0 Å². The van der Waals surface area contributed by atoms with Crippen molar-refractivity contribution in [1.82, 2.24) is 0 Å². The number of rotatable bonds is 5. The Hall–Kier alpha value is -0.630. The molecule has 0 heterocycles. The number of nitrogens with one attached hydrogen (secondary N) is 1. The smallest absolute Gasteiger partial charge is 0.0480 e. The van der Waals surface area contributed by atoms with Crippen molar-refractivity contribution >= 4 is 17.4 Å². The van der Waals surface area contributed by atoms with Crippen molar-refractivity contribution in [3.63, 3.8) is 0 Å². The zero-order chi connectivity index (χ0) is 13.5. The molecule has 106 valence electrons. The van der Waals surface area contributed by atoms with Gasteiger partial charge in [0.1, 0.15) is 0 Å². The largest absolute Gasteiger partial charge is 0.381 e. The van der Waals surface area contributed by atoms with Crippen molar-refractivity contribution in [3.05, 3.63) is 24.3 Å². The van der Waals surface area contributed by atoms with Crippen LogP contribution in [0.2, 0.25) is 0 Å². The van der Waals surface area contributed by atoms with E-state index in [9.17, 15) is 0 Å². The van der Waals surface area contributed by atoms with Gasteiger partial charge in [0.05, 0.1) is 0 Å². The first kappa shape index (κ1) is 14.8. The predicted molar refractivity (Wildman–Crippen MR) is 87.1 cm³/mol. The van der Waals surface area contributed by atoms with E-state index in [0.717, 1.165) is 5.92 Å². The monoisotopic (exact) mass is 277 g/mol. The molecule has 0 amide bonds. The van der Waals surface area contributed by atoms with Crippen molar-refractivity contribution in [2.24, 2.45) is 5.92 Å². The molecular weight excluding hydrogens is 250 g/mol. The number of hydrogen-bond donors (Lipinski definition) is 1. The molecule has 1 aromatic carbocycles. The highest BCUT2D eigenvalue weighted by atomic mass is 32.2. The van der Waals surface area contributed by atoms with Crippen LogP contribution in [0.3, 0.4) is 0 Å². The molecule has 0 aromatic heterocycles. The quantitative estimate of drug-likeness (QED) is 0.558. The highest BCUT2D eigenvalue weighted by molar-refractivity contribution is 7.98. The van der Waals surface area contributed by atoms with Crippen LogP contribution < -0.4 is 5.32 Å². The number of para-hydroxylation sites is 1. The maximum Gasteiger partial charge on any atom is 0.0480 e. The lowest BCUT2D eigenvalue weighted by Gasteiger charge is -2.20. The Morgan fingerprint density at radius 2 is 2.00 bits per heavy atom. The van der Waals surface area contributed by atoms with E-state index in [1.165, 1.54) is 55.5 Å². The SMILES string of the molecule is CCCC1CCCC(Nc2ccccc2SC)CC1. The van der Waals surface area contributed by atoms with Crippen molar-refractivity contribution in [2.45, 2.75) is 62.8 Å². The Bertz CT molecular complexity index is 377. The molecular formula is C17H27NS. The fourth-order valence-electron chi connectivity index (χ4n) is 3.20. The van der Waals surface area contributed by atoms with Gasteiger partial charge in [-0.1, -0.05) is 44.7 Å². The summed E-state index contributed by atoms with van der Waals surface area (Å²) in [5, 5.41) is 3.78. The zero-order valence-electron chi connectivity index (χ0n) is 12.3. The molecule has 0 aliphatic heterocycles. The van der Waals surface area contributed by atoms with E-state index in [1.807, 2.05) is 11.8 Å². The molecule has 1 fully saturated rings. The first-order valence-electron chi connectivity index (χ1n) is 7.73. The normalized spacial score (nSPS) is 23.9. The third-order valence-electron chi connectivity index (χ3n) is 4.25. The molecule has 1 N–H and O–H groups in total. The van der Waals surface area contributed by atoms with Crippen LogP contribution >= 0.6 is 11.8 Å². The summed E-state index contributed by atoms with van der Waals surface area (Å²) in [6.07, 6.45) is 11.8. The molecule has 1 saturated carbocycles. The van der Waals surface area contributed by atoms with Gasteiger partial charge >= 0.3 is 0 Å². The summed E-state index contributed by atoms with van der Waals surface area (Å²) in [5.41, 5.74) is 1.33. The number of thioether (sulfide) groups is 1. The van der Waals surface area contributed by atoms with E-state index < -0.39 is 0 Å². The van der Waals surface area contributed by atoms with Crippen molar-refractivity contribution in [3.8, 4) is 0 Å². The average molecular weight is 277 g/mol. The molecule has 1 aliphatic rings. The maximum atomic E-state index is 3.78. The molecule has 1 aliphatic carbocycles. The van der Waals surface area contributed by atoms with E-state index in [4.69, 9.17) is 0 Å². The van der Waals surface area contributed by atoms with Gasteiger partial charge in [0, 0.05) is 16.6 Å². The molecule has 2 heteroatoms. The van der Waals surface area contributed by atoms with Gasteiger partial charge in [-0.25, -0.2) is 0 Å². The lowest BCUT2D eigenvalue weighted by atomic mass is 9.95. The molecule has 0 spiro atoms. The molecule has 1 aromatic rings. The van der Waals surface area contributed by atoms with Gasteiger partial charge in [0.15, 0.2) is 0 Å².